The van der Waals surface area contributed by atoms with Gasteiger partial charge in [0, 0.05) is 10.6 Å². The Labute approximate surface area is 158 Å². The molecule has 8 heteroatoms. The molecule has 0 saturated heterocycles. The number of hydrazone groups is 1. The van der Waals surface area contributed by atoms with E-state index in [2.05, 4.69) is 20.7 Å². The first kappa shape index (κ1) is 18.1. The number of carbonyl (C=O) groups is 1. The van der Waals surface area contributed by atoms with E-state index in [-0.39, 0.29) is 11.5 Å². The second kappa shape index (κ2) is 7.68. The smallest absolute Gasteiger partial charge is 0.272 e. The van der Waals surface area contributed by atoms with Gasteiger partial charge in [0.2, 0.25) is 0 Å². The third-order valence-corrected chi connectivity index (χ3v) is 4.16. The number of hydrogen-bond acceptors (Lipinski definition) is 3. The van der Waals surface area contributed by atoms with Gasteiger partial charge in [-0.3, -0.25) is 9.89 Å². The van der Waals surface area contributed by atoms with E-state index in [1.165, 1.54) is 12.1 Å². The lowest BCUT2D eigenvalue weighted by Gasteiger charge is -2.02. The molecule has 5 nitrogen and oxygen atoms in total. The fraction of sp³-hybridized carbons (Fsp3) is 0.0556. The fourth-order valence-electron chi connectivity index (χ4n) is 2.22. The molecule has 0 spiro atoms. The molecule has 0 fully saturated rings. The molecule has 2 aromatic carbocycles. The Bertz CT molecular complexity index is 983. The van der Waals surface area contributed by atoms with Crippen LogP contribution in [0, 0.1) is 5.82 Å². The minimum absolute atomic E-state index is 0.224. The molecule has 132 valence electrons. The summed E-state index contributed by atoms with van der Waals surface area (Å²) in [5.41, 5.74) is 5.05. The molecule has 0 atom stereocenters. The van der Waals surface area contributed by atoms with Crippen molar-refractivity contribution < 1.29 is 9.18 Å². The molecule has 1 heterocycles. The maximum absolute atomic E-state index is 12.9. The van der Waals surface area contributed by atoms with Crippen molar-refractivity contribution in [1.82, 2.24) is 15.6 Å². The highest BCUT2D eigenvalue weighted by molar-refractivity contribution is 6.36. The van der Waals surface area contributed by atoms with Crippen LogP contribution in [0.2, 0.25) is 10.0 Å². The molecule has 0 bridgehead atoms. The number of carbonyl (C=O) groups excluding carboxylic acids is 1. The second-order valence-electron chi connectivity index (χ2n) is 5.44. The van der Waals surface area contributed by atoms with E-state index in [0.29, 0.717) is 32.6 Å². The first-order chi connectivity index (χ1) is 12.4. The Kier molecular flexibility index (Phi) is 5.35. The monoisotopic (exact) mass is 390 g/mol. The van der Waals surface area contributed by atoms with Crippen molar-refractivity contribution in [2.24, 2.45) is 5.10 Å². The predicted molar refractivity (Wildman–Crippen MR) is 100 cm³/mol. The average Bonchev–Trinajstić information content (AvgIpc) is 3.10. The van der Waals surface area contributed by atoms with E-state index in [0.717, 1.165) is 0 Å². The minimum Gasteiger partial charge on any atom is -0.272 e. The van der Waals surface area contributed by atoms with Crippen molar-refractivity contribution in [3.63, 3.8) is 0 Å². The van der Waals surface area contributed by atoms with E-state index in [9.17, 15) is 9.18 Å². The van der Waals surface area contributed by atoms with Gasteiger partial charge in [-0.05, 0) is 48.9 Å². The molecule has 3 aromatic rings. The molecular formula is C18H13Cl2FN4O. The second-order valence-corrected chi connectivity index (χ2v) is 6.28. The number of H-pyrrole nitrogens is 1. The number of rotatable bonds is 4. The van der Waals surface area contributed by atoms with Crippen LogP contribution in [0.4, 0.5) is 4.39 Å². The summed E-state index contributed by atoms with van der Waals surface area (Å²) < 4.78 is 12.9. The van der Waals surface area contributed by atoms with Gasteiger partial charge < -0.3 is 0 Å². The molecule has 0 radical (unpaired) electrons. The maximum Gasteiger partial charge on any atom is 0.289 e. The number of aromatic nitrogens is 2. The summed E-state index contributed by atoms with van der Waals surface area (Å²) in [5, 5.41) is 11.7. The normalized spacial score (nSPS) is 11.5. The van der Waals surface area contributed by atoms with Crippen LogP contribution in [-0.2, 0) is 0 Å². The lowest BCUT2D eigenvalue weighted by Crippen LogP contribution is -2.19. The maximum atomic E-state index is 12.9. The highest BCUT2D eigenvalue weighted by atomic mass is 35.5. The zero-order valence-electron chi connectivity index (χ0n) is 13.6. The molecule has 0 aliphatic carbocycles. The Balaban J connectivity index is 1.74. The van der Waals surface area contributed by atoms with Crippen molar-refractivity contribution in [3.8, 4) is 11.3 Å². The number of benzene rings is 2. The Hall–Kier alpha value is -2.70. The number of nitrogens with one attached hydrogen (secondary N) is 2. The van der Waals surface area contributed by atoms with Crippen LogP contribution in [-0.4, -0.2) is 21.8 Å². The zero-order valence-corrected chi connectivity index (χ0v) is 15.1. The highest BCUT2D eigenvalue weighted by Crippen LogP contribution is 2.29. The predicted octanol–water partition coefficient (Wildman–Crippen LogP) is 4.68. The number of halogens is 3. The number of hydrogen-bond donors (Lipinski definition) is 2. The van der Waals surface area contributed by atoms with Gasteiger partial charge in [-0.2, -0.15) is 10.2 Å². The van der Waals surface area contributed by atoms with Crippen molar-refractivity contribution in [2.45, 2.75) is 6.92 Å². The van der Waals surface area contributed by atoms with Crippen LogP contribution in [0.15, 0.2) is 53.6 Å². The molecule has 26 heavy (non-hydrogen) atoms. The van der Waals surface area contributed by atoms with Crippen molar-refractivity contribution in [3.05, 3.63) is 75.7 Å². The third-order valence-electron chi connectivity index (χ3n) is 3.62. The van der Waals surface area contributed by atoms with Gasteiger partial charge in [-0.25, -0.2) is 9.82 Å². The van der Waals surface area contributed by atoms with Crippen LogP contribution >= 0.6 is 23.2 Å². The first-order valence-electron chi connectivity index (χ1n) is 7.55. The first-order valence-corrected chi connectivity index (χ1v) is 8.31. The lowest BCUT2D eigenvalue weighted by atomic mass is 10.1. The summed E-state index contributed by atoms with van der Waals surface area (Å²) in [4.78, 5) is 12.2. The standard InChI is InChI=1S/C18H13Cl2FN4O/c1-10(11-2-5-13(21)6-3-11)22-25-18(26)17-9-16(23-24-17)14-7-4-12(19)8-15(14)20/h2-9H,1H3,(H,23,24)(H,25,26)/b22-10-. The van der Waals surface area contributed by atoms with Crippen LogP contribution in [0.5, 0.6) is 0 Å². The van der Waals surface area contributed by atoms with E-state index in [1.807, 2.05) is 0 Å². The van der Waals surface area contributed by atoms with Crippen LogP contribution < -0.4 is 5.43 Å². The summed E-state index contributed by atoms with van der Waals surface area (Å²) in [6.45, 7) is 1.71. The average molecular weight is 391 g/mol. The molecular weight excluding hydrogens is 378 g/mol. The molecule has 2 N–H and O–H groups in total. The Morgan fingerprint density at radius 3 is 2.58 bits per heavy atom. The fourth-order valence-corrected chi connectivity index (χ4v) is 2.73. The molecule has 1 amide bonds. The summed E-state index contributed by atoms with van der Waals surface area (Å²) >= 11 is 12.0. The van der Waals surface area contributed by atoms with Crippen LogP contribution in [0.25, 0.3) is 11.3 Å². The Morgan fingerprint density at radius 1 is 1.15 bits per heavy atom. The van der Waals surface area contributed by atoms with Gasteiger partial charge in [0.15, 0.2) is 0 Å². The van der Waals surface area contributed by atoms with E-state index >= 15 is 0 Å². The largest absolute Gasteiger partial charge is 0.289 e. The summed E-state index contributed by atoms with van der Waals surface area (Å²) in [7, 11) is 0. The highest BCUT2D eigenvalue weighted by Gasteiger charge is 2.13. The molecule has 3 rings (SSSR count). The number of amides is 1. The molecule has 0 saturated carbocycles. The molecule has 0 unspecified atom stereocenters. The summed E-state index contributed by atoms with van der Waals surface area (Å²) in [5.74, 6) is -0.799. The quantitative estimate of drug-likeness (QED) is 0.501. The van der Waals surface area contributed by atoms with E-state index < -0.39 is 5.91 Å². The minimum atomic E-state index is -0.463. The van der Waals surface area contributed by atoms with Crippen molar-refractivity contribution >= 4 is 34.8 Å². The van der Waals surface area contributed by atoms with Gasteiger partial charge in [0.05, 0.1) is 16.4 Å². The molecule has 1 aromatic heterocycles. The molecule has 0 aliphatic heterocycles. The number of aromatic amines is 1. The van der Waals surface area contributed by atoms with E-state index in [1.54, 1.807) is 43.3 Å². The van der Waals surface area contributed by atoms with Crippen LogP contribution in [0.1, 0.15) is 23.0 Å². The summed E-state index contributed by atoms with van der Waals surface area (Å²) in [6, 6.07) is 12.4. The van der Waals surface area contributed by atoms with Gasteiger partial charge in [0.1, 0.15) is 11.5 Å². The van der Waals surface area contributed by atoms with Gasteiger partial charge in [-0.1, -0.05) is 35.3 Å². The van der Waals surface area contributed by atoms with Crippen molar-refractivity contribution in [1.29, 1.82) is 0 Å². The van der Waals surface area contributed by atoms with Gasteiger partial charge in [-0.15, -0.1) is 0 Å². The van der Waals surface area contributed by atoms with Crippen molar-refractivity contribution in [2.75, 3.05) is 0 Å². The van der Waals surface area contributed by atoms with Gasteiger partial charge in [0.25, 0.3) is 5.91 Å². The SMILES string of the molecule is C/C(=N/NC(=O)c1cc(-c2ccc(Cl)cc2Cl)n[nH]1)c1ccc(F)cc1. The van der Waals surface area contributed by atoms with Gasteiger partial charge >= 0.3 is 0 Å². The topological polar surface area (TPSA) is 70.1 Å². The summed E-state index contributed by atoms with van der Waals surface area (Å²) in [6.07, 6.45) is 0. The third kappa shape index (κ3) is 4.09. The zero-order chi connectivity index (χ0) is 18.7. The lowest BCUT2D eigenvalue weighted by molar-refractivity contribution is 0.0950. The van der Waals surface area contributed by atoms with Crippen LogP contribution in [0.3, 0.4) is 0 Å². The van der Waals surface area contributed by atoms with E-state index in [4.69, 9.17) is 23.2 Å². The number of nitrogens with zero attached hydrogens (tertiary/aromatic N) is 2. The Morgan fingerprint density at radius 2 is 1.88 bits per heavy atom. The molecule has 0 aliphatic rings.